The lowest BCUT2D eigenvalue weighted by Crippen LogP contribution is -2.12. The lowest BCUT2D eigenvalue weighted by Gasteiger charge is -2.06. The molecule has 0 aliphatic carbocycles. The van der Waals surface area contributed by atoms with Gasteiger partial charge in [-0.3, -0.25) is 4.79 Å². The van der Waals surface area contributed by atoms with Crippen LogP contribution in [0.2, 0.25) is 0 Å². The van der Waals surface area contributed by atoms with Gasteiger partial charge in [0.15, 0.2) is 0 Å². The third-order valence-corrected chi connectivity index (χ3v) is 4.57. The van der Waals surface area contributed by atoms with Gasteiger partial charge in [0.1, 0.15) is 15.5 Å². The second kappa shape index (κ2) is 5.38. The quantitative estimate of drug-likeness (QED) is 0.727. The van der Waals surface area contributed by atoms with Gasteiger partial charge in [-0.25, -0.2) is 4.39 Å². The van der Waals surface area contributed by atoms with Gasteiger partial charge in [0.25, 0.3) is 5.91 Å². The molecule has 0 saturated carbocycles. The minimum absolute atomic E-state index is 0.349. The van der Waals surface area contributed by atoms with Gasteiger partial charge >= 0.3 is 0 Å². The third kappa shape index (κ3) is 2.59. The molecule has 21 heavy (non-hydrogen) atoms. The number of aromatic nitrogens is 2. The van der Waals surface area contributed by atoms with Crippen LogP contribution < -0.4 is 11.1 Å². The molecule has 3 N–H and O–H groups in total. The molecule has 1 amide bonds. The number of nitrogens with one attached hydrogen (secondary N) is 1. The Morgan fingerprint density at radius 2 is 2.19 bits per heavy atom. The largest absolute Gasteiger partial charge is 0.397 e. The lowest BCUT2D eigenvalue weighted by atomic mass is 10.2. The topological polar surface area (TPSA) is 80.9 Å². The van der Waals surface area contributed by atoms with E-state index in [1.54, 1.807) is 6.07 Å². The average molecular weight is 367 g/mol. The molecule has 5 nitrogen and oxygen atoms in total. The number of halogens is 2. The highest BCUT2D eigenvalue weighted by molar-refractivity contribution is 9.10. The molecule has 0 aliphatic heterocycles. The fourth-order valence-electron chi connectivity index (χ4n) is 1.81. The number of carbonyl (C=O) groups is 1. The number of nitrogen functional groups attached to an aromatic ring is 1. The SMILES string of the molecule is Nc1c(C(=O)Nc2ccc(F)cc2Br)sc2nnccc12. The van der Waals surface area contributed by atoms with E-state index in [2.05, 4.69) is 31.4 Å². The molecular weight excluding hydrogens is 359 g/mol. The monoisotopic (exact) mass is 366 g/mol. The molecule has 0 unspecified atom stereocenters. The molecule has 3 aromatic rings. The van der Waals surface area contributed by atoms with Gasteiger partial charge < -0.3 is 11.1 Å². The number of amides is 1. The standard InChI is InChI=1S/C13H8BrFN4OS/c14-8-5-6(15)1-2-9(8)18-12(20)11-10(16)7-3-4-17-19-13(7)21-11/h1-5H,16H2,(H,18,20). The number of hydrogen-bond donors (Lipinski definition) is 2. The Balaban J connectivity index is 1.95. The number of thiophene rings is 1. The second-order valence-electron chi connectivity index (χ2n) is 4.17. The predicted octanol–water partition coefficient (Wildman–Crippen LogP) is 3.43. The van der Waals surface area contributed by atoms with E-state index in [0.29, 0.717) is 30.9 Å². The Hall–Kier alpha value is -2.06. The van der Waals surface area contributed by atoms with Crippen LogP contribution in [0.1, 0.15) is 9.67 Å². The van der Waals surface area contributed by atoms with Crippen molar-refractivity contribution < 1.29 is 9.18 Å². The fourth-order valence-corrected chi connectivity index (χ4v) is 3.19. The van der Waals surface area contributed by atoms with Crippen molar-refractivity contribution in [3.63, 3.8) is 0 Å². The first-order valence-corrected chi connectivity index (χ1v) is 7.43. The number of benzene rings is 1. The summed E-state index contributed by atoms with van der Waals surface area (Å²) in [6.07, 6.45) is 1.52. The minimum atomic E-state index is -0.392. The van der Waals surface area contributed by atoms with E-state index in [-0.39, 0.29) is 5.91 Å². The maximum Gasteiger partial charge on any atom is 0.267 e. The van der Waals surface area contributed by atoms with Crippen LogP contribution in [0.25, 0.3) is 10.2 Å². The van der Waals surface area contributed by atoms with Gasteiger partial charge in [0.2, 0.25) is 0 Å². The second-order valence-corrected chi connectivity index (χ2v) is 6.03. The summed E-state index contributed by atoms with van der Waals surface area (Å²) in [5.41, 5.74) is 6.79. The minimum Gasteiger partial charge on any atom is -0.397 e. The number of carbonyl (C=O) groups excluding carboxylic acids is 1. The van der Waals surface area contributed by atoms with Crippen LogP contribution in [-0.2, 0) is 0 Å². The Morgan fingerprint density at radius 1 is 1.38 bits per heavy atom. The maximum atomic E-state index is 13.0. The van der Waals surface area contributed by atoms with Crippen molar-refractivity contribution in [2.45, 2.75) is 0 Å². The highest BCUT2D eigenvalue weighted by atomic mass is 79.9. The lowest BCUT2D eigenvalue weighted by molar-refractivity contribution is 0.103. The predicted molar refractivity (Wildman–Crippen MR) is 83.9 cm³/mol. The van der Waals surface area contributed by atoms with E-state index in [0.717, 1.165) is 11.3 Å². The Labute approximate surface area is 131 Å². The van der Waals surface area contributed by atoms with Crippen LogP contribution in [0.5, 0.6) is 0 Å². The van der Waals surface area contributed by atoms with Crippen LogP contribution in [-0.4, -0.2) is 16.1 Å². The Morgan fingerprint density at radius 3 is 2.90 bits per heavy atom. The van der Waals surface area contributed by atoms with E-state index in [1.165, 1.54) is 24.4 Å². The number of hydrogen-bond acceptors (Lipinski definition) is 5. The first kappa shape index (κ1) is 13.9. The summed E-state index contributed by atoms with van der Waals surface area (Å²) < 4.78 is 13.5. The number of anilines is 2. The van der Waals surface area contributed by atoms with Crippen LogP contribution in [0.3, 0.4) is 0 Å². The zero-order valence-corrected chi connectivity index (χ0v) is 12.8. The van der Waals surface area contributed by atoms with Crippen molar-refractivity contribution in [1.29, 1.82) is 0 Å². The summed E-state index contributed by atoms with van der Waals surface area (Å²) in [5, 5.41) is 11.1. The number of fused-ring (bicyclic) bond motifs is 1. The molecule has 0 atom stereocenters. The number of rotatable bonds is 2. The highest BCUT2D eigenvalue weighted by Crippen LogP contribution is 2.32. The van der Waals surface area contributed by atoms with Gasteiger partial charge in [-0.1, -0.05) is 0 Å². The molecule has 0 bridgehead atoms. The Kier molecular flexibility index (Phi) is 3.56. The summed E-state index contributed by atoms with van der Waals surface area (Å²) in [6, 6.07) is 5.72. The van der Waals surface area contributed by atoms with Crippen LogP contribution in [0, 0.1) is 5.82 Å². The highest BCUT2D eigenvalue weighted by Gasteiger charge is 2.18. The molecule has 3 rings (SSSR count). The normalized spacial score (nSPS) is 10.8. The first-order valence-electron chi connectivity index (χ1n) is 5.82. The van der Waals surface area contributed by atoms with Crippen molar-refractivity contribution in [2.75, 3.05) is 11.1 Å². The molecule has 8 heteroatoms. The molecule has 0 aliphatic rings. The summed E-state index contributed by atoms with van der Waals surface area (Å²) in [4.78, 5) is 13.2. The summed E-state index contributed by atoms with van der Waals surface area (Å²) >= 11 is 4.36. The average Bonchev–Trinajstić information content (AvgIpc) is 2.80. The van der Waals surface area contributed by atoms with E-state index in [9.17, 15) is 9.18 Å². The van der Waals surface area contributed by atoms with Crippen molar-refractivity contribution >= 4 is 54.8 Å². The molecule has 106 valence electrons. The smallest absolute Gasteiger partial charge is 0.267 e. The molecule has 0 radical (unpaired) electrons. The van der Waals surface area contributed by atoms with Gasteiger partial charge in [-0.05, 0) is 40.2 Å². The molecular formula is C13H8BrFN4OS. The van der Waals surface area contributed by atoms with E-state index in [1.807, 2.05) is 0 Å². The van der Waals surface area contributed by atoms with Crippen molar-refractivity contribution in [3.8, 4) is 0 Å². The zero-order valence-electron chi connectivity index (χ0n) is 10.4. The van der Waals surface area contributed by atoms with E-state index < -0.39 is 5.82 Å². The summed E-state index contributed by atoms with van der Waals surface area (Å²) in [5.74, 6) is -0.765. The van der Waals surface area contributed by atoms with Crippen LogP contribution in [0.15, 0.2) is 34.9 Å². The molecule has 0 fully saturated rings. The van der Waals surface area contributed by atoms with Crippen LogP contribution in [0.4, 0.5) is 15.8 Å². The van der Waals surface area contributed by atoms with Gasteiger partial charge in [0.05, 0.1) is 17.6 Å². The maximum absolute atomic E-state index is 13.0. The molecule has 0 spiro atoms. The number of nitrogens with zero attached hydrogens (tertiary/aromatic N) is 2. The zero-order chi connectivity index (χ0) is 15.0. The van der Waals surface area contributed by atoms with Crippen molar-refractivity contribution in [2.24, 2.45) is 0 Å². The first-order chi connectivity index (χ1) is 10.1. The molecule has 2 aromatic heterocycles. The summed E-state index contributed by atoms with van der Waals surface area (Å²) in [7, 11) is 0. The van der Waals surface area contributed by atoms with E-state index in [4.69, 9.17) is 5.73 Å². The van der Waals surface area contributed by atoms with Crippen LogP contribution >= 0.6 is 27.3 Å². The Bertz CT molecular complexity index is 851. The van der Waals surface area contributed by atoms with Gasteiger partial charge in [-0.2, -0.15) is 5.10 Å². The number of nitrogens with two attached hydrogens (primary N) is 1. The van der Waals surface area contributed by atoms with E-state index >= 15 is 0 Å². The third-order valence-electron chi connectivity index (χ3n) is 2.81. The van der Waals surface area contributed by atoms with Crippen molar-refractivity contribution in [1.82, 2.24) is 10.2 Å². The van der Waals surface area contributed by atoms with Gasteiger partial charge in [0, 0.05) is 9.86 Å². The van der Waals surface area contributed by atoms with Crippen molar-refractivity contribution in [3.05, 3.63) is 45.6 Å². The summed E-state index contributed by atoms with van der Waals surface area (Å²) in [6.45, 7) is 0. The van der Waals surface area contributed by atoms with Gasteiger partial charge in [-0.15, -0.1) is 16.4 Å². The molecule has 1 aromatic carbocycles. The molecule has 2 heterocycles. The fraction of sp³-hybridized carbons (Fsp3) is 0. The molecule has 0 saturated heterocycles.